The van der Waals surface area contributed by atoms with Gasteiger partial charge in [-0.15, -0.1) is 0 Å². The number of hydrogen-bond acceptors (Lipinski definition) is 4. The van der Waals surface area contributed by atoms with Crippen molar-refractivity contribution in [2.75, 3.05) is 31.2 Å². The van der Waals surface area contributed by atoms with Gasteiger partial charge in [0, 0.05) is 37.5 Å². The second kappa shape index (κ2) is 8.44. The van der Waals surface area contributed by atoms with Crippen molar-refractivity contribution in [2.45, 2.75) is 13.5 Å². The number of nitrogens with one attached hydrogen (secondary N) is 1. The van der Waals surface area contributed by atoms with Crippen molar-refractivity contribution in [1.82, 2.24) is 10.3 Å². The molecule has 2 heterocycles. The van der Waals surface area contributed by atoms with Crippen LogP contribution in [0.3, 0.4) is 0 Å². The number of hydrogen-bond donors (Lipinski definition) is 1. The number of aryl methyl sites for hydroxylation is 1. The summed E-state index contributed by atoms with van der Waals surface area (Å²) in [6.45, 7) is 5.57. The van der Waals surface area contributed by atoms with Crippen molar-refractivity contribution in [1.29, 1.82) is 0 Å². The molecule has 0 atom stereocenters. The van der Waals surface area contributed by atoms with Gasteiger partial charge in [0.05, 0.1) is 13.2 Å². The molecule has 1 aliphatic rings. The van der Waals surface area contributed by atoms with Crippen molar-refractivity contribution in [3.63, 3.8) is 0 Å². The molecule has 0 unspecified atom stereocenters. The molecule has 0 aliphatic carbocycles. The number of nitrogens with zero attached hydrogens (tertiary/aromatic N) is 2. The summed E-state index contributed by atoms with van der Waals surface area (Å²) in [6, 6.07) is 12.0. The van der Waals surface area contributed by atoms with Gasteiger partial charge < -0.3 is 15.0 Å². The molecule has 130 valence electrons. The fourth-order valence-electron chi connectivity index (χ4n) is 2.72. The van der Waals surface area contributed by atoms with E-state index in [1.54, 1.807) is 12.3 Å². The zero-order valence-electron chi connectivity index (χ0n) is 14.4. The molecule has 3 rings (SSSR count). The molecule has 1 fully saturated rings. The number of carbonyl (C=O) groups excluding carboxylic acids is 1. The highest BCUT2D eigenvalue weighted by molar-refractivity contribution is 5.91. The number of anilines is 1. The summed E-state index contributed by atoms with van der Waals surface area (Å²) in [4.78, 5) is 18.8. The lowest BCUT2D eigenvalue weighted by molar-refractivity contribution is -0.116. The first-order chi connectivity index (χ1) is 12.2. The minimum absolute atomic E-state index is 0.114. The molecule has 1 amide bonds. The van der Waals surface area contributed by atoms with Gasteiger partial charge in [-0.3, -0.25) is 4.79 Å². The minimum Gasteiger partial charge on any atom is -0.378 e. The molecule has 1 aromatic heterocycles. The molecule has 2 aromatic rings. The Morgan fingerprint density at radius 2 is 2.00 bits per heavy atom. The van der Waals surface area contributed by atoms with Crippen LogP contribution in [-0.4, -0.2) is 37.2 Å². The first kappa shape index (κ1) is 17.2. The van der Waals surface area contributed by atoms with E-state index in [-0.39, 0.29) is 5.91 Å². The Morgan fingerprint density at radius 1 is 1.24 bits per heavy atom. The van der Waals surface area contributed by atoms with Crippen LogP contribution in [0.25, 0.3) is 6.08 Å². The summed E-state index contributed by atoms with van der Waals surface area (Å²) in [7, 11) is 0. The number of rotatable bonds is 5. The normalized spacial score (nSPS) is 14.7. The maximum absolute atomic E-state index is 12.1. The van der Waals surface area contributed by atoms with Gasteiger partial charge in [-0.25, -0.2) is 4.98 Å². The summed E-state index contributed by atoms with van der Waals surface area (Å²) in [6.07, 6.45) is 5.17. The zero-order chi connectivity index (χ0) is 17.5. The SMILES string of the molecule is Cc1ccc(/C=C/C(=O)NCc2cccnc2N2CCOCC2)cc1. The first-order valence-electron chi connectivity index (χ1n) is 8.51. The number of pyridine rings is 1. The molecule has 5 nitrogen and oxygen atoms in total. The fraction of sp³-hybridized carbons (Fsp3) is 0.300. The van der Waals surface area contributed by atoms with Crippen LogP contribution in [0.4, 0.5) is 5.82 Å². The van der Waals surface area contributed by atoms with Crippen LogP contribution < -0.4 is 10.2 Å². The van der Waals surface area contributed by atoms with Crippen molar-refractivity contribution in [2.24, 2.45) is 0 Å². The van der Waals surface area contributed by atoms with Crippen LogP contribution in [0.15, 0.2) is 48.7 Å². The Labute approximate surface area is 148 Å². The molecule has 0 saturated carbocycles. The van der Waals surface area contributed by atoms with E-state index in [0.29, 0.717) is 19.8 Å². The highest BCUT2D eigenvalue weighted by atomic mass is 16.5. The van der Waals surface area contributed by atoms with E-state index in [0.717, 1.165) is 30.0 Å². The zero-order valence-corrected chi connectivity index (χ0v) is 14.4. The molecular weight excluding hydrogens is 314 g/mol. The van der Waals surface area contributed by atoms with Crippen LogP contribution in [0.2, 0.25) is 0 Å². The number of benzene rings is 1. The molecule has 1 aliphatic heterocycles. The second-order valence-electron chi connectivity index (χ2n) is 6.05. The van der Waals surface area contributed by atoms with Crippen LogP contribution in [0.5, 0.6) is 0 Å². The highest BCUT2D eigenvalue weighted by Gasteiger charge is 2.15. The number of aromatic nitrogens is 1. The average Bonchev–Trinajstić information content (AvgIpc) is 2.67. The van der Waals surface area contributed by atoms with Crippen LogP contribution >= 0.6 is 0 Å². The fourth-order valence-corrected chi connectivity index (χ4v) is 2.72. The lowest BCUT2D eigenvalue weighted by Crippen LogP contribution is -2.37. The number of morpholine rings is 1. The lowest BCUT2D eigenvalue weighted by atomic mass is 10.1. The molecule has 25 heavy (non-hydrogen) atoms. The highest BCUT2D eigenvalue weighted by Crippen LogP contribution is 2.18. The van der Waals surface area contributed by atoms with E-state index in [1.165, 1.54) is 5.56 Å². The largest absolute Gasteiger partial charge is 0.378 e. The van der Waals surface area contributed by atoms with Crippen LogP contribution in [0, 0.1) is 6.92 Å². The van der Waals surface area contributed by atoms with Gasteiger partial charge in [-0.05, 0) is 24.6 Å². The van der Waals surface area contributed by atoms with Crippen molar-refractivity contribution in [3.8, 4) is 0 Å². The van der Waals surface area contributed by atoms with Crippen molar-refractivity contribution >= 4 is 17.8 Å². The summed E-state index contributed by atoms with van der Waals surface area (Å²) in [5.41, 5.74) is 3.23. The molecule has 0 spiro atoms. The predicted octanol–water partition coefficient (Wildman–Crippen LogP) is 2.56. The van der Waals surface area contributed by atoms with Gasteiger partial charge in [0.2, 0.25) is 5.91 Å². The van der Waals surface area contributed by atoms with Gasteiger partial charge in [0.1, 0.15) is 5.82 Å². The summed E-state index contributed by atoms with van der Waals surface area (Å²) in [5, 5.41) is 2.94. The number of ether oxygens (including phenoxy) is 1. The Morgan fingerprint density at radius 3 is 2.76 bits per heavy atom. The van der Waals surface area contributed by atoms with E-state index in [1.807, 2.05) is 49.4 Å². The smallest absolute Gasteiger partial charge is 0.244 e. The molecule has 5 heteroatoms. The predicted molar refractivity (Wildman–Crippen MR) is 99.3 cm³/mol. The number of amides is 1. The van der Waals surface area contributed by atoms with Gasteiger partial charge in [0.25, 0.3) is 0 Å². The molecule has 1 aromatic carbocycles. The van der Waals surface area contributed by atoms with E-state index in [9.17, 15) is 4.79 Å². The third-order valence-corrected chi connectivity index (χ3v) is 4.14. The van der Waals surface area contributed by atoms with E-state index in [2.05, 4.69) is 15.2 Å². The third-order valence-electron chi connectivity index (χ3n) is 4.14. The molecule has 0 bridgehead atoms. The van der Waals surface area contributed by atoms with Gasteiger partial charge >= 0.3 is 0 Å². The Hall–Kier alpha value is -2.66. The maximum atomic E-state index is 12.1. The third kappa shape index (κ3) is 4.90. The molecule has 0 radical (unpaired) electrons. The van der Waals surface area contributed by atoms with Gasteiger partial charge in [0.15, 0.2) is 0 Å². The minimum atomic E-state index is -0.114. The molecule has 1 saturated heterocycles. The quantitative estimate of drug-likeness (QED) is 0.852. The maximum Gasteiger partial charge on any atom is 0.244 e. The van der Waals surface area contributed by atoms with Crippen molar-refractivity contribution in [3.05, 3.63) is 65.4 Å². The Balaban J connectivity index is 1.59. The Kier molecular flexibility index (Phi) is 5.80. The number of carbonyl (C=O) groups is 1. The van der Waals surface area contributed by atoms with Crippen molar-refractivity contribution < 1.29 is 9.53 Å². The monoisotopic (exact) mass is 337 g/mol. The van der Waals surface area contributed by atoms with E-state index >= 15 is 0 Å². The first-order valence-corrected chi connectivity index (χ1v) is 8.51. The summed E-state index contributed by atoms with van der Waals surface area (Å²) < 4.78 is 5.39. The molecular formula is C20H23N3O2. The lowest BCUT2D eigenvalue weighted by Gasteiger charge is -2.29. The van der Waals surface area contributed by atoms with Crippen LogP contribution in [-0.2, 0) is 16.1 Å². The second-order valence-corrected chi connectivity index (χ2v) is 6.05. The van der Waals surface area contributed by atoms with Gasteiger partial charge in [-0.2, -0.15) is 0 Å². The Bertz CT molecular complexity index is 735. The summed E-state index contributed by atoms with van der Waals surface area (Å²) in [5.74, 6) is 0.811. The van der Waals surface area contributed by atoms with Gasteiger partial charge in [-0.1, -0.05) is 35.9 Å². The molecule has 1 N–H and O–H groups in total. The average molecular weight is 337 g/mol. The van der Waals surface area contributed by atoms with E-state index < -0.39 is 0 Å². The summed E-state index contributed by atoms with van der Waals surface area (Å²) >= 11 is 0. The van der Waals surface area contributed by atoms with E-state index in [4.69, 9.17) is 4.74 Å². The standard InChI is InChI=1S/C20H23N3O2/c1-16-4-6-17(7-5-16)8-9-19(24)22-15-18-3-2-10-21-20(18)23-11-13-25-14-12-23/h2-10H,11-15H2,1H3,(H,22,24)/b9-8+. The van der Waals surface area contributed by atoms with Crippen LogP contribution in [0.1, 0.15) is 16.7 Å². The topological polar surface area (TPSA) is 54.5 Å².